The Bertz CT molecular complexity index is 974. The summed E-state index contributed by atoms with van der Waals surface area (Å²) in [6, 6.07) is 3.16. The van der Waals surface area contributed by atoms with Gasteiger partial charge in [0, 0.05) is 56.0 Å². The summed E-state index contributed by atoms with van der Waals surface area (Å²) in [4.78, 5) is 31.9. The second-order valence-electron chi connectivity index (χ2n) is 8.32. The summed E-state index contributed by atoms with van der Waals surface area (Å²) >= 11 is 0. The van der Waals surface area contributed by atoms with Crippen LogP contribution in [-0.4, -0.2) is 51.9 Å². The predicted octanol–water partition coefficient (Wildman–Crippen LogP) is 2.70. The first-order valence-electron chi connectivity index (χ1n) is 10.4. The molecule has 0 aliphatic carbocycles. The Labute approximate surface area is 173 Å². The molecule has 3 aliphatic heterocycles. The Balaban J connectivity index is 1.19. The van der Waals surface area contributed by atoms with Crippen molar-refractivity contribution in [3.63, 3.8) is 0 Å². The van der Waals surface area contributed by atoms with Crippen molar-refractivity contribution < 1.29 is 13.6 Å². The average molecular weight is 414 g/mol. The van der Waals surface area contributed by atoms with Gasteiger partial charge in [0.2, 0.25) is 5.91 Å². The maximum absolute atomic E-state index is 12.9. The molecule has 9 heteroatoms. The largest absolute Gasteiger partial charge is 0.371 e. The molecule has 0 N–H and O–H groups in total. The third kappa shape index (κ3) is 3.46. The van der Waals surface area contributed by atoms with Gasteiger partial charge >= 0.3 is 0 Å². The van der Waals surface area contributed by atoms with E-state index in [-0.39, 0.29) is 17.5 Å². The number of anilines is 2. The maximum Gasteiger partial charge on any atom is 0.280 e. The number of carbonyl (C=O) groups excluding carboxylic acids is 1. The molecule has 0 aromatic carbocycles. The molecule has 2 saturated heterocycles. The van der Waals surface area contributed by atoms with Crippen molar-refractivity contribution in [2.45, 2.75) is 39.3 Å². The monoisotopic (exact) mass is 414 g/mol. The Morgan fingerprint density at radius 3 is 2.70 bits per heavy atom. The Kier molecular flexibility index (Phi) is 4.75. The first kappa shape index (κ1) is 19.1. The molecule has 5 heterocycles. The van der Waals surface area contributed by atoms with Crippen LogP contribution in [-0.2, 0) is 17.9 Å². The maximum atomic E-state index is 12.9. The average Bonchev–Trinajstić information content (AvgIpc) is 3.07. The molecular formula is C21H24F2N6O. The molecule has 3 aliphatic rings. The van der Waals surface area contributed by atoms with Crippen molar-refractivity contribution in [3.05, 3.63) is 41.1 Å². The van der Waals surface area contributed by atoms with Gasteiger partial charge in [0.1, 0.15) is 17.3 Å². The number of amides is 1. The predicted molar refractivity (Wildman–Crippen MR) is 107 cm³/mol. The van der Waals surface area contributed by atoms with Crippen LogP contribution in [0.15, 0.2) is 18.3 Å². The molecule has 30 heavy (non-hydrogen) atoms. The lowest BCUT2D eigenvalue weighted by molar-refractivity contribution is -0.133. The number of alkyl halides is 2. The summed E-state index contributed by atoms with van der Waals surface area (Å²) in [5.74, 6) is 2.08. The zero-order valence-electron chi connectivity index (χ0n) is 16.9. The van der Waals surface area contributed by atoms with Crippen LogP contribution in [0.25, 0.3) is 0 Å². The minimum atomic E-state index is -2.58. The molecule has 2 aromatic rings. The van der Waals surface area contributed by atoms with Crippen LogP contribution in [0.4, 0.5) is 20.3 Å². The fraction of sp³-hybridized carbons (Fsp3) is 0.524. The third-order valence-electron chi connectivity index (χ3n) is 6.15. The third-order valence-corrected chi connectivity index (χ3v) is 6.15. The zero-order chi connectivity index (χ0) is 20.8. The van der Waals surface area contributed by atoms with E-state index in [9.17, 15) is 13.6 Å². The van der Waals surface area contributed by atoms with Gasteiger partial charge in [-0.15, -0.1) is 0 Å². The van der Waals surface area contributed by atoms with Gasteiger partial charge in [-0.25, -0.2) is 18.7 Å². The highest BCUT2D eigenvalue weighted by Crippen LogP contribution is 2.33. The summed E-state index contributed by atoms with van der Waals surface area (Å²) in [6.45, 7) is 6.41. The number of nitrogens with zero attached hydrogens (tertiary/aromatic N) is 6. The minimum absolute atomic E-state index is 0.118. The van der Waals surface area contributed by atoms with Crippen LogP contribution in [0.2, 0.25) is 0 Å². The molecule has 7 nitrogen and oxygen atoms in total. The van der Waals surface area contributed by atoms with E-state index in [0.717, 1.165) is 41.7 Å². The van der Waals surface area contributed by atoms with Crippen LogP contribution >= 0.6 is 0 Å². The molecule has 0 radical (unpaired) electrons. The van der Waals surface area contributed by atoms with Gasteiger partial charge in [0.15, 0.2) is 0 Å². The zero-order valence-corrected chi connectivity index (χ0v) is 16.9. The summed E-state index contributed by atoms with van der Waals surface area (Å²) in [6.07, 6.45) is 0.473. The van der Waals surface area contributed by atoms with Crippen molar-refractivity contribution in [2.75, 3.05) is 36.0 Å². The highest BCUT2D eigenvalue weighted by Gasteiger charge is 2.35. The summed E-state index contributed by atoms with van der Waals surface area (Å²) in [5, 5.41) is 0. The number of aromatic nitrogens is 3. The second kappa shape index (κ2) is 7.45. The summed E-state index contributed by atoms with van der Waals surface area (Å²) in [7, 11) is 0. The van der Waals surface area contributed by atoms with Crippen LogP contribution in [0, 0.1) is 12.8 Å². The standard InChI is InChI=1S/C21H24F2N6O/c1-13-25-18-12-29(11-16(18)21(26-13)27-5-2-6-27)19(30)7-14-9-28(10-14)15-3-4-24-17(8-15)20(22)23/h3-4,8,14,20H,2,5-7,9-12H2,1H3. The van der Waals surface area contributed by atoms with Gasteiger partial charge in [-0.3, -0.25) is 9.78 Å². The molecule has 0 spiro atoms. The van der Waals surface area contributed by atoms with Gasteiger partial charge in [-0.05, 0) is 25.5 Å². The minimum Gasteiger partial charge on any atom is -0.371 e. The molecule has 5 rings (SSSR count). The first-order chi connectivity index (χ1) is 14.5. The Morgan fingerprint density at radius 2 is 2.00 bits per heavy atom. The smallest absolute Gasteiger partial charge is 0.280 e. The normalized spacial score (nSPS) is 18.5. The van der Waals surface area contributed by atoms with E-state index < -0.39 is 6.43 Å². The van der Waals surface area contributed by atoms with Crippen molar-refractivity contribution in [2.24, 2.45) is 5.92 Å². The molecule has 0 atom stereocenters. The Hall–Kier alpha value is -2.84. The van der Waals surface area contributed by atoms with Crippen molar-refractivity contribution in [1.29, 1.82) is 0 Å². The van der Waals surface area contributed by atoms with Gasteiger partial charge in [0.25, 0.3) is 6.43 Å². The van der Waals surface area contributed by atoms with Gasteiger partial charge in [-0.2, -0.15) is 0 Å². The van der Waals surface area contributed by atoms with Crippen LogP contribution in [0.5, 0.6) is 0 Å². The number of pyridine rings is 1. The van der Waals surface area contributed by atoms with Crippen LogP contribution in [0.1, 0.15) is 42.0 Å². The number of halogens is 2. The highest BCUT2D eigenvalue weighted by atomic mass is 19.3. The quantitative estimate of drug-likeness (QED) is 0.750. The van der Waals surface area contributed by atoms with Crippen LogP contribution < -0.4 is 9.80 Å². The van der Waals surface area contributed by atoms with Crippen molar-refractivity contribution >= 4 is 17.4 Å². The topological polar surface area (TPSA) is 65.5 Å². The molecular weight excluding hydrogens is 390 g/mol. The molecule has 158 valence electrons. The summed E-state index contributed by atoms with van der Waals surface area (Å²) in [5.41, 5.74) is 2.57. The van der Waals surface area contributed by atoms with Crippen LogP contribution in [0.3, 0.4) is 0 Å². The Morgan fingerprint density at radius 1 is 1.20 bits per heavy atom. The molecule has 0 bridgehead atoms. The lowest BCUT2D eigenvalue weighted by Gasteiger charge is -2.41. The molecule has 2 aromatic heterocycles. The molecule has 1 amide bonds. The van der Waals surface area contributed by atoms with E-state index in [1.54, 1.807) is 6.07 Å². The lowest BCUT2D eigenvalue weighted by atomic mass is 9.95. The number of hydrogen-bond donors (Lipinski definition) is 0. The second-order valence-corrected chi connectivity index (χ2v) is 8.32. The van der Waals surface area contributed by atoms with E-state index in [0.29, 0.717) is 32.6 Å². The van der Waals surface area contributed by atoms with Gasteiger partial charge in [-0.1, -0.05) is 0 Å². The van der Waals surface area contributed by atoms with Gasteiger partial charge in [0.05, 0.1) is 18.8 Å². The first-order valence-corrected chi connectivity index (χ1v) is 10.4. The number of hydrogen-bond acceptors (Lipinski definition) is 6. The van der Waals surface area contributed by atoms with E-state index in [1.807, 2.05) is 16.7 Å². The fourth-order valence-electron chi connectivity index (χ4n) is 4.36. The van der Waals surface area contributed by atoms with E-state index in [2.05, 4.69) is 19.9 Å². The fourth-order valence-corrected chi connectivity index (χ4v) is 4.36. The number of fused-ring (bicyclic) bond motifs is 1. The SMILES string of the molecule is Cc1nc2c(c(N3CCC3)n1)CN(C(=O)CC1CN(c3ccnc(C(F)F)c3)C1)C2. The van der Waals surface area contributed by atoms with E-state index >= 15 is 0 Å². The molecule has 2 fully saturated rings. The lowest BCUT2D eigenvalue weighted by Crippen LogP contribution is -2.48. The highest BCUT2D eigenvalue weighted by molar-refractivity contribution is 5.78. The van der Waals surface area contributed by atoms with Crippen molar-refractivity contribution in [1.82, 2.24) is 19.9 Å². The number of rotatable bonds is 5. The molecule has 0 saturated carbocycles. The van der Waals surface area contributed by atoms with E-state index in [4.69, 9.17) is 0 Å². The summed E-state index contributed by atoms with van der Waals surface area (Å²) < 4.78 is 25.7. The number of aryl methyl sites for hydroxylation is 1. The van der Waals surface area contributed by atoms with Crippen molar-refractivity contribution in [3.8, 4) is 0 Å². The van der Waals surface area contributed by atoms with E-state index in [1.165, 1.54) is 18.7 Å². The number of carbonyl (C=O) groups is 1. The van der Waals surface area contributed by atoms with Gasteiger partial charge < -0.3 is 14.7 Å². The molecule has 0 unspecified atom stereocenters.